The number of nitriles is 1. The summed E-state index contributed by atoms with van der Waals surface area (Å²) in [4.78, 5) is 22.4. The van der Waals surface area contributed by atoms with Crippen LogP contribution in [0.2, 0.25) is 0 Å². The summed E-state index contributed by atoms with van der Waals surface area (Å²) in [6.45, 7) is 0.516. The molecule has 2 aromatic carbocycles. The molecule has 0 radical (unpaired) electrons. The summed E-state index contributed by atoms with van der Waals surface area (Å²) in [6, 6.07) is 14.9. The van der Waals surface area contributed by atoms with E-state index in [4.69, 9.17) is 10.00 Å². The lowest BCUT2D eigenvalue weighted by Gasteiger charge is -2.06. The molecule has 0 aromatic heterocycles. The number of ether oxygens (including phenoxy) is 1. The number of rotatable bonds is 8. The molecule has 0 bridgehead atoms. The van der Waals surface area contributed by atoms with E-state index in [-0.39, 0.29) is 16.9 Å². The molecule has 0 heterocycles. The third-order valence-electron chi connectivity index (χ3n) is 3.62. The van der Waals surface area contributed by atoms with Gasteiger partial charge in [0.25, 0.3) is 11.6 Å². The van der Waals surface area contributed by atoms with Crippen molar-refractivity contribution in [1.29, 1.82) is 5.26 Å². The molecule has 0 fully saturated rings. The van der Waals surface area contributed by atoms with Gasteiger partial charge in [-0.2, -0.15) is 5.26 Å². The fraction of sp³-hybridized carbons (Fsp3) is 0.158. The minimum atomic E-state index is -0.646. The number of hydrogen-bond acceptors (Lipinski definition) is 6. The van der Waals surface area contributed by atoms with Gasteiger partial charge in [-0.15, -0.1) is 0 Å². The first-order valence-electron chi connectivity index (χ1n) is 8.06. The molecule has 2 N–H and O–H groups in total. The molecule has 27 heavy (non-hydrogen) atoms. The van der Waals surface area contributed by atoms with Gasteiger partial charge in [-0.05, 0) is 30.2 Å². The van der Waals surface area contributed by atoms with Crippen LogP contribution in [0.5, 0.6) is 5.75 Å². The van der Waals surface area contributed by atoms with Crippen LogP contribution in [0.15, 0.2) is 60.3 Å². The van der Waals surface area contributed by atoms with Crippen LogP contribution in [-0.4, -0.2) is 24.5 Å². The van der Waals surface area contributed by atoms with Gasteiger partial charge in [0.2, 0.25) is 0 Å². The van der Waals surface area contributed by atoms with Crippen molar-refractivity contribution in [3.8, 4) is 11.8 Å². The van der Waals surface area contributed by atoms with Crippen LogP contribution in [0.4, 0.5) is 11.4 Å². The highest BCUT2D eigenvalue weighted by Gasteiger charge is 2.11. The normalized spacial score (nSPS) is 10.6. The largest absolute Gasteiger partial charge is 0.497 e. The number of amides is 1. The SMILES string of the molecule is COc1cccc(CCN/C=C(/C#N)C(=O)Nc2cccc([N+](=O)[O-])c2)c1. The first-order valence-corrected chi connectivity index (χ1v) is 8.06. The monoisotopic (exact) mass is 366 g/mol. The maximum Gasteiger partial charge on any atom is 0.271 e. The van der Waals surface area contributed by atoms with Crippen LogP contribution in [0, 0.1) is 21.4 Å². The number of nitro groups is 1. The Morgan fingerprint density at radius 2 is 2.07 bits per heavy atom. The Balaban J connectivity index is 1.93. The third-order valence-corrected chi connectivity index (χ3v) is 3.62. The van der Waals surface area contributed by atoms with Crippen LogP contribution < -0.4 is 15.4 Å². The number of nitrogens with zero attached hydrogens (tertiary/aromatic N) is 2. The second kappa shape index (κ2) is 9.58. The standard InChI is InChI=1S/C19H18N4O4/c1-27-18-7-2-4-14(10-18)8-9-21-13-15(12-20)19(24)22-16-5-3-6-17(11-16)23(25)26/h2-7,10-11,13,21H,8-9H2,1H3,(H,22,24)/b15-13-. The Bertz CT molecular complexity index is 903. The fourth-order valence-electron chi connectivity index (χ4n) is 2.26. The molecule has 0 aliphatic carbocycles. The Kier molecular flexibility index (Phi) is 6.91. The van der Waals surface area contributed by atoms with Crippen molar-refractivity contribution >= 4 is 17.3 Å². The van der Waals surface area contributed by atoms with E-state index in [9.17, 15) is 14.9 Å². The van der Waals surface area contributed by atoms with Crippen molar-refractivity contribution in [2.75, 3.05) is 19.0 Å². The Morgan fingerprint density at radius 3 is 2.78 bits per heavy atom. The second-order valence-electron chi connectivity index (χ2n) is 5.49. The molecule has 8 heteroatoms. The van der Waals surface area contributed by atoms with Gasteiger partial charge in [0.05, 0.1) is 12.0 Å². The molecule has 0 saturated heterocycles. The van der Waals surface area contributed by atoms with Gasteiger partial charge >= 0.3 is 0 Å². The highest BCUT2D eigenvalue weighted by Crippen LogP contribution is 2.17. The number of non-ortho nitro benzene ring substituents is 1. The lowest BCUT2D eigenvalue weighted by atomic mass is 10.1. The van der Waals surface area contributed by atoms with E-state index < -0.39 is 10.8 Å². The van der Waals surface area contributed by atoms with Crippen molar-refractivity contribution in [1.82, 2.24) is 5.32 Å². The molecule has 0 saturated carbocycles. The first-order chi connectivity index (χ1) is 13.0. The number of hydrogen-bond donors (Lipinski definition) is 2. The van der Waals surface area contributed by atoms with Gasteiger partial charge in [-0.3, -0.25) is 14.9 Å². The van der Waals surface area contributed by atoms with Crippen LogP contribution in [0.1, 0.15) is 5.56 Å². The van der Waals surface area contributed by atoms with E-state index in [1.54, 1.807) is 7.11 Å². The number of carbonyl (C=O) groups is 1. The van der Waals surface area contributed by atoms with E-state index in [0.29, 0.717) is 13.0 Å². The molecule has 0 aliphatic rings. The summed E-state index contributed by atoms with van der Waals surface area (Å²) in [6.07, 6.45) is 2.01. The van der Waals surface area contributed by atoms with Crippen molar-refractivity contribution in [3.63, 3.8) is 0 Å². The lowest BCUT2D eigenvalue weighted by Crippen LogP contribution is -2.18. The summed E-state index contributed by atoms with van der Waals surface area (Å²) in [5, 5.41) is 25.3. The van der Waals surface area contributed by atoms with E-state index in [2.05, 4.69) is 10.6 Å². The van der Waals surface area contributed by atoms with E-state index in [1.807, 2.05) is 30.3 Å². The average molecular weight is 366 g/mol. The van der Waals surface area contributed by atoms with E-state index >= 15 is 0 Å². The Morgan fingerprint density at radius 1 is 1.30 bits per heavy atom. The highest BCUT2D eigenvalue weighted by atomic mass is 16.6. The molecule has 138 valence electrons. The Hall–Kier alpha value is -3.86. The fourth-order valence-corrected chi connectivity index (χ4v) is 2.26. The summed E-state index contributed by atoms with van der Waals surface area (Å²) < 4.78 is 5.16. The number of anilines is 1. The van der Waals surface area contributed by atoms with Gasteiger partial charge < -0.3 is 15.4 Å². The molecule has 0 atom stereocenters. The molecular formula is C19H18N4O4. The zero-order valence-corrected chi connectivity index (χ0v) is 14.6. The minimum absolute atomic E-state index is 0.132. The molecule has 8 nitrogen and oxygen atoms in total. The van der Waals surface area contributed by atoms with Crippen molar-refractivity contribution in [2.45, 2.75) is 6.42 Å². The van der Waals surface area contributed by atoms with Crippen molar-refractivity contribution < 1.29 is 14.5 Å². The van der Waals surface area contributed by atoms with E-state index in [1.165, 1.54) is 30.5 Å². The predicted molar refractivity (Wildman–Crippen MR) is 100 cm³/mol. The quantitative estimate of drug-likeness (QED) is 0.244. The predicted octanol–water partition coefficient (Wildman–Crippen LogP) is 2.78. The maximum absolute atomic E-state index is 12.1. The number of benzene rings is 2. The zero-order chi connectivity index (χ0) is 19.6. The zero-order valence-electron chi connectivity index (χ0n) is 14.6. The molecule has 2 rings (SSSR count). The van der Waals surface area contributed by atoms with Gasteiger partial charge in [0, 0.05) is 30.6 Å². The molecule has 0 unspecified atom stereocenters. The van der Waals surface area contributed by atoms with E-state index in [0.717, 1.165) is 11.3 Å². The average Bonchev–Trinajstić information content (AvgIpc) is 2.68. The van der Waals surface area contributed by atoms with Crippen LogP contribution >= 0.6 is 0 Å². The summed E-state index contributed by atoms with van der Waals surface area (Å²) in [7, 11) is 1.60. The number of nitrogens with one attached hydrogen (secondary N) is 2. The molecule has 1 amide bonds. The summed E-state index contributed by atoms with van der Waals surface area (Å²) in [5.74, 6) is 0.115. The van der Waals surface area contributed by atoms with Crippen molar-refractivity contribution in [3.05, 3.63) is 76.0 Å². The molecular weight excluding hydrogens is 348 g/mol. The first kappa shape index (κ1) is 19.5. The van der Waals surface area contributed by atoms with Gasteiger partial charge in [-0.25, -0.2) is 0 Å². The maximum atomic E-state index is 12.1. The number of nitro benzene ring substituents is 1. The van der Waals surface area contributed by atoms with Gasteiger partial charge in [-0.1, -0.05) is 18.2 Å². The van der Waals surface area contributed by atoms with Crippen LogP contribution in [0.3, 0.4) is 0 Å². The summed E-state index contributed by atoms with van der Waals surface area (Å²) in [5.41, 5.74) is 1.01. The lowest BCUT2D eigenvalue weighted by molar-refractivity contribution is -0.384. The summed E-state index contributed by atoms with van der Waals surface area (Å²) >= 11 is 0. The number of carbonyl (C=O) groups excluding carboxylic acids is 1. The smallest absolute Gasteiger partial charge is 0.271 e. The molecule has 2 aromatic rings. The second-order valence-corrected chi connectivity index (χ2v) is 5.49. The minimum Gasteiger partial charge on any atom is -0.497 e. The topological polar surface area (TPSA) is 117 Å². The molecule has 0 spiro atoms. The third kappa shape index (κ3) is 5.86. The molecule has 0 aliphatic heterocycles. The van der Waals surface area contributed by atoms with Crippen molar-refractivity contribution in [2.24, 2.45) is 0 Å². The van der Waals surface area contributed by atoms with Gasteiger partial charge in [0.15, 0.2) is 0 Å². The van der Waals surface area contributed by atoms with Gasteiger partial charge in [0.1, 0.15) is 17.4 Å². The number of methoxy groups -OCH3 is 1. The Labute approximate surface area is 156 Å². The van der Waals surface area contributed by atoms with Crippen LogP contribution in [-0.2, 0) is 11.2 Å². The van der Waals surface area contributed by atoms with Crippen LogP contribution in [0.25, 0.3) is 0 Å². The highest BCUT2D eigenvalue weighted by molar-refractivity contribution is 6.06.